The minimum Gasteiger partial charge on any atom is -0.256 e. The van der Waals surface area contributed by atoms with Crippen LogP contribution in [-0.4, -0.2) is 22.3 Å². The van der Waals surface area contributed by atoms with Crippen LogP contribution in [0.5, 0.6) is 0 Å². The Morgan fingerprint density at radius 1 is 0.517 bits per heavy atom. The highest BCUT2D eigenvalue weighted by molar-refractivity contribution is 7.48. The lowest BCUT2D eigenvalue weighted by Gasteiger charge is -2.10. The molecule has 0 aliphatic heterocycles. The lowest BCUT2D eigenvalue weighted by molar-refractivity contribution is 1.12. The van der Waals surface area contributed by atoms with Crippen LogP contribution in [0.2, 0.25) is 0 Å². The molecule has 4 rings (SSSR count). The summed E-state index contributed by atoms with van der Waals surface area (Å²) in [5.41, 5.74) is 4.69. The van der Waals surface area contributed by atoms with E-state index in [2.05, 4.69) is 82.8 Å². The van der Waals surface area contributed by atoms with Crippen molar-refractivity contribution in [3.63, 3.8) is 0 Å². The van der Waals surface area contributed by atoms with Crippen molar-refractivity contribution in [3.8, 4) is 22.5 Å². The molecule has 2 atom stereocenters. The van der Waals surface area contributed by atoms with E-state index in [0.717, 1.165) is 28.5 Å². The molecule has 0 aliphatic rings. The van der Waals surface area contributed by atoms with Gasteiger partial charge in [0.2, 0.25) is 0 Å². The zero-order valence-corrected chi connectivity index (χ0v) is 18.3. The third-order valence-corrected chi connectivity index (χ3v) is 7.56. The molecule has 0 saturated heterocycles. The van der Waals surface area contributed by atoms with E-state index >= 15 is 0 Å². The third kappa shape index (κ3) is 5.36. The maximum absolute atomic E-state index is 4.53. The molecule has 0 aliphatic carbocycles. The number of nitrogens with zero attached hydrogens (tertiary/aromatic N) is 2. The van der Waals surface area contributed by atoms with Gasteiger partial charge in [0.05, 0.1) is 11.4 Å². The predicted molar refractivity (Wildman–Crippen MR) is 130 cm³/mol. The number of hydrogen-bond donors (Lipinski definition) is 0. The van der Waals surface area contributed by atoms with E-state index in [-0.39, 0.29) is 0 Å². The van der Waals surface area contributed by atoms with Crippen LogP contribution in [0.15, 0.2) is 97.3 Å². The van der Waals surface area contributed by atoms with E-state index in [1.807, 2.05) is 24.5 Å². The maximum atomic E-state index is 4.53. The van der Waals surface area contributed by atoms with Crippen LogP contribution in [0, 0.1) is 0 Å². The Balaban J connectivity index is 1.34. The predicted octanol–water partition coefficient (Wildman–Crippen LogP) is 5.51. The Hall–Kier alpha value is -2.40. The normalized spacial score (nSPS) is 11.6. The molecule has 0 spiro atoms. The average molecular weight is 414 g/mol. The summed E-state index contributed by atoms with van der Waals surface area (Å²) in [4.78, 5) is 9.06. The van der Waals surface area contributed by atoms with Crippen molar-refractivity contribution in [1.82, 2.24) is 9.97 Å². The summed E-state index contributed by atoms with van der Waals surface area (Å²) >= 11 is 0. The van der Waals surface area contributed by atoms with E-state index in [1.54, 1.807) is 0 Å². The molecule has 0 saturated carbocycles. The van der Waals surface area contributed by atoms with E-state index < -0.39 is 0 Å². The van der Waals surface area contributed by atoms with Gasteiger partial charge in [0.15, 0.2) is 0 Å². The first-order chi connectivity index (χ1) is 14.4. The number of benzene rings is 2. The topological polar surface area (TPSA) is 25.8 Å². The van der Waals surface area contributed by atoms with Crippen molar-refractivity contribution in [3.05, 3.63) is 97.3 Å². The molecule has 2 heterocycles. The molecule has 2 aromatic carbocycles. The van der Waals surface area contributed by atoms with Gasteiger partial charge in [-0.2, -0.15) is 0 Å². The van der Waals surface area contributed by atoms with Gasteiger partial charge in [-0.15, -0.1) is 0 Å². The van der Waals surface area contributed by atoms with E-state index in [0.29, 0.717) is 0 Å². The van der Waals surface area contributed by atoms with Gasteiger partial charge < -0.3 is 0 Å². The van der Waals surface area contributed by atoms with Crippen molar-refractivity contribution in [1.29, 1.82) is 0 Å². The molecule has 2 aromatic heterocycles. The number of hydrogen-bond acceptors (Lipinski definition) is 2. The second-order valence-electron chi connectivity index (χ2n) is 6.73. The minimum absolute atomic E-state index is 0.819. The summed E-state index contributed by atoms with van der Waals surface area (Å²) in [5, 5.41) is 2.84. The quantitative estimate of drug-likeness (QED) is 0.281. The molecular formula is C25H24N2P2. The van der Waals surface area contributed by atoms with E-state index in [4.69, 9.17) is 0 Å². The Labute approximate surface area is 176 Å². The van der Waals surface area contributed by atoms with Gasteiger partial charge in [-0.1, -0.05) is 77.8 Å². The van der Waals surface area contributed by atoms with Crippen molar-refractivity contribution in [2.75, 3.05) is 12.3 Å². The van der Waals surface area contributed by atoms with Crippen molar-refractivity contribution in [2.24, 2.45) is 0 Å². The summed E-state index contributed by atoms with van der Waals surface area (Å²) < 4.78 is 0. The Bertz CT molecular complexity index is 952. The highest BCUT2D eigenvalue weighted by atomic mass is 31.1. The highest BCUT2D eigenvalue weighted by Gasteiger charge is 2.07. The molecule has 29 heavy (non-hydrogen) atoms. The van der Waals surface area contributed by atoms with Crippen LogP contribution in [0.3, 0.4) is 0 Å². The molecule has 2 unspecified atom stereocenters. The van der Waals surface area contributed by atoms with Gasteiger partial charge in [-0.3, -0.25) is 9.97 Å². The van der Waals surface area contributed by atoms with Gasteiger partial charge in [-0.05, 0) is 53.6 Å². The molecule has 144 valence electrons. The number of pyridine rings is 2. The largest absolute Gasteiger partial charge is 0.256 e. The molecule has 4 heteroatoms. The summed E-state index contributed by atoms with van der Waals surface area (Å²) in [6.07, 6.45) is 7.43. The van der Waals surface area contributed by atoms with Gasteiger partial charge in [-0.25, -0.2) is 0 Å². The van der Waals surface area contributed by atoms with Crippen LogP contribution in [0.1, 0.15) is 6.42 Å². The summed E-state index contributed by atoms with van der Waals surface area (Å²) in [6.45, 7) is 0. The molecular weight excluding hydrogens is 390 g/mol. The number of rotatable bonds is 8. The van der Waals surface area contributed by atoms with E-state index in [1.165, 1.54) is 40.5 Å². The van der Waals surface area contributed by atoms with Crippen LogP contribution in [0.25, 0.3) is 22.5 Å². The van der Waals surface area contributed by atoms with Crippen LogP contribution < -0.4 is 10.6 Å². The Morgan fingerprint density at radius 2 is 0.966 bits per heavy atom. The summed E-state index contributed by atoms with van der Waals surface area (Å²) in [5.74, 6) is 0. The zero-order valence-electron chi connectivity index (χ0n) is 16.3. The average Bonchev–Trinajstić information content (AvgIpc) is 2.80. The van der Waals surface area contributed by atoms with Gasteiger partial charge in [0, 0.05) is 23.5 Å². The van der Waals surface area contributed by atoms with Crippen LogP contribution >= 0.6 is 17.2 Å². The number of aromatic nitrogens is 2. The SMILES string of the molecule is c1ccc(-c2ccccc2PCCCPc2ccccc2-c2ccccn2)nc1. The molecule has 0 bridgehead atoms. The lowest BCUT2D eigenvalue weighted by Crippen LogP contribution is -2.03. The van der Waals surface area contributed by atoms with Gasteiger partial charge in [0.25, 0.3) is 0 Å². The lowest BCUT2D eigenvalue weighted by atomic mass is 10.1. The summed E-state index contributed by atoms with van der Waals surface area (Å²) in [7, 11) is 1.64. The van der Waals surface area contributed by atoms with Crippen molar-refractivity contribution >= 4 is 27.8 Å². The fourth-order valence-electron chi connectivity index (χ4n) is 3.30. The molecule has 0 amide bonds. The Kier molecular flexibility index (Phi) is 7.13. The Morgan fingerprint density at radius 3 is 1.41 bits per heavy atom. The van der Waals surface area contributed by atoms with Crippen molar-refractivity contribution in [2.45, 2.75) is 6.42 Å². The fourth-order valence-corrected chi connectivity index (χ4v) is 6.13. The maximum Gasteiger partial charge on any atom is 0.0708 e. The first kappa shape index (κ1) is 19.9. The second-order valence-corrected chi connectivity index (χ2v) is 9.51. The van der Waals surface area contributed by atoms with Gasteiger partial charge in [0.1, 0.15) is 0 Å². The highest BCUT2D eigenvalue weighted by Crippen LogP contribution is 2.25. The summed E-state index contributed by atoms with van der Waals surface area (Å²) in [6, 6.07) is 29.6. The third-order valence-electron chi connectivity index (χ3n) is 4.72. The standard InChI is InChI=1S/C25H24N2P2/c1-3-14-24(20(10-1)22-12-5-7-16-26-22)28-18-9-19-29-25-15-4-2-11-21(25)23-13-6-8-17-27-23/h1-8,10-17,28-29H,9,18-19H2. The second kappa shape index (κ2) is 10.4. The molecule has 0 radical (unpaired) electrons. The van der Waals surface area contributed by atoms with Gasteiger partial charge >= 0.3 is 0 Å². The molecule has 2 nitrogen and oxygen atoms in total. The first-order valence-electron chi connectivity index (χ1n) is 9.90. The molecule has 0 N–H and O–H groups in total. The minimum atomic E-state index is 0.819. The van der Waals surface area contributed by atoms with Crippen LogP contribution in [-0.2, 0) is 0 Å². The molecule has 0 fully saturated rings. The van der Waals surface area contributed by atoms with E-state index in [9.17, 15) is 0 Å². The smallest absolute Gasteiger partial charge is 0.0708 e. The monoisotopic (exact) mass is 414 g/mol. The van der Waals surface area contributed by atoms with Crippen LogP contribution in [0.4, 0.5) is 0 Å². The fraction of sp³-hybridized carbons (Fsp3) is 0.120. The zero-order chi connectivity index (χ0) is 19.7. The van der Waals surface area contributed by atoms with Crippen molar-refractivity contribution < 1.29 is 0 Å². The molecule has 4 aromatic rings. The first-order valence-corrected chi connectivity index (χ1v) is 12.3.